The average molecular weight is 156 g/mol. The minimum Gasteiger partial charge on any atom is -0.479 e. The van der Waals surface area contributed by atoms with E-state index in [-0.39, 0.29) is 6.10 Å². The monoisotopic (exact) mass is 156 g/mol. The van der Waals surface area contributed by atoms with Gasteiger partial charge >= 0.3 is 5.97 Å². The molecule has 11 heavy (non-hydrogen) atoms. The SMILES string of the molecule is CC1=C[C@@H](C)O[C@H](C(=O)O)C1. The van der Waals surface area contributed by atoms with Gasteiger partial charge in [-0.05, 0) is 13.8 Å². The Kier molecular flexibility index (Phi) is 2.29. The maximum atomic E-state index is 10.5. The Morgan fingerprint density at radius 2 is 2.45 bits per heavy atom. The van der Waals surface area contributed by atoms with Gasteiger partial charge in [0.15, 0.2) is 6.10 Å². The molecule has 0 saturated heterocycles. The molecule has 0 amide bonds. The highest BCUT2D eigenvalue weighted by Crippen LogP contribution is 2.18. The van der Waals surface area contributed by atoms with Gasteiger partial charge in [-0.1, -0.05) is 11.6 Å². The Bertz CT molecular complexity index is 196. The maximum absolute atomic E-state index is 10.5. The Balaban J connectivity index is 2.64. The van der Waals surface area contributed by atoms with Gasteiger partial charge in [-0.3, -0.25) is 0 Å². The minimum atomic E-state index is -0.871. The molecule has 1 N–H and O–H groups in total. The Morgan fingerprint density at radius 3 is 2.91 bits per heavy atom. The maximum Gasteiger partial charge on any atom is 0.333 e. The van der Waals surface area contributed by atoms with Crippen molar-refractivity contribution in [3.05, 3.63) is 11.6 Å². The van der Waals surface area contributed by atoms with Gasteiger partial charge in [0.25, 0.3) is 0 Å². The molecule has 1 aliphatic heterocycles. The van der Waals surface area contributed by atoms with Crippen molar-refractivity contribution in [2.45, 2.75) is 32.5 Å². The van der Waals surface area contributed by atoms with Crippen molar-refractivity contribution in [3.63, 3.8) is 0 Å². The van der Waals surface area contributed by atoms with Crippen molar-refractivity contribution in [1.29, 1.82) is 0 Å². The van der Waals surface area contributed by atoms with E-state index in [1.807, 2.05) is 19.9 Å². The van der Waals surface area contributed by atoms with Gasteiger partial charge in [0, 0.05) is 6.42 Å². The second-order valence-corrected chi connectivity index (χ2v) is 2.89. The van der Waals surface area contributed by atoms with Gasteiger partial charge in [-0.15, -0.1) is 0 Å². The molecule has 1 heterocycles. The van der Waals surface area contributed by atoms with Gasteiger partial charge in [-0.25, -0.2) is 4.79 Å². The lowest BCUT2D eigenvalue weighted by molar-refractivity contribution is -0.152. The summed E-state index contributed by atoms with van der Waals surface area (Å²) in [5.41, 5.74) is 1.09. The van der Waals surface area contributed by atoms with Crippen LogP contribution in [-0.4, -0.2) is 23.3 Å². The van der Waals surface area contributed by atoms with E-state index in [1.54, 1.807) is 0 Å². The molecule has 1 rings (SSSR count). The van der Waals surface area contributed by atoms with E-state index < -0.39 is 12.1 Å². The number of rotatable bonds is 1. The Morgan fingerprint density at radius 1 is 1.82 bits per heavy atom. The third kappa shape index (κ3) is 2.05. The first-order chi connectivity index (χ1) is 5.09. The topological polar surface area (TPSA) is 46.5 Å². The highest BCUT2D eigenvalue weighted by molar-refractivity contribution is 5.73. The zero-order valence-corrected chi connectivity index (χ0v) is 6.70. The molecule has 0 bridgehead atoms. The van der Waals surface area contributed by atoms with Gasteiger partial charge < -0.3 is 9.84 Å². The van der Waals surface area contributed by atoms with Gasteiger partial charge in [0.05, 0.1) is 6.10 Å². The van der Waals surface area contributed by atoms with Crippen molar-refractivity contribution in [2.75, 3.05) is 0 Å². The van der Waals surface area contributed by atoms with Crippen LogP contribution in [0.15, 0.2) is 11.6 Å². The van der Waals surface area contributed by atoms with Gasteiger partial charge in [0.2, 0.25) is 0 Å². The molecule has 62 valence electrons. The number of carboxylic acids is 1. The fourth-order valence-electron chi connectivity index (χ4n) is 1.25. The van der Waals surface area contributed by atoms with E-state index in [9.17, 15) is 4.79 Å². The van der Waals surface area contributed by atoms with Crippen molar-refractivity contribution in [2.24, 2.45) is 0 Å². The molecular weight excluding hydrogens is 144 g/mol. The van der Waals surface area contributed by atoms with Gasteiger partial charge in [-0.2, -0.15) is 0 Å². The predicted molar refractivity (Wildman–Crippen MR) is 40.3 cm³/mol. The molecule has 0 aliphatic carbocycles. The van der Waals surface area contributed by atoms with Crippen LogP contribution < -0.4 is 0 Å². The van der Waals surface area contributed by atoms with E-state index in [0.29, 0.717) is 6.42 Å². The molecule has 0 radical (unpaired) electrons. The molecule has 1 aliphatic rings. The third-order valence-electron chi connectivity index (χ3n) is 1.68. The second-order valence-electron chi connectivity index (χ2n) is 2.89. The number of ether oxygens (including phenoxy) is 1. The first-order valence-electron chi connectivity index (χ1n) is 3.65. The lowest BCUT2D eigenvalue weighted by atomic mass is 10.0. The second kappa shape index (κ2) is 3.05. The molecule has 3 nitrogen and oxygen atoms in total. The summed E-state index contributed by atoms with van der Waals surface area (Å²) < 4.78 is 5.14. The minimum absolute atomic E-state index is 0.0650. The number of carbonyl (C=O) groups is 1. The summed E-state index contributed by atoms with van der Waals surface area (Å²) in [6, 6.07) is 0. The first-order valence-corrected chi connectivity index (χ1v) is 3.65. The van der Waals surface area contributed by atoms with Crippen molar-refractivity contribution in [1.82, 2.24) is 0 Å². The van der Waals surface area contributed by atoms with Crippen LogP contribution in [0.25, 0.3) is 0 Å². The van der Waals surface area contributed by atoms with E-state index in [0.717, 1.165) is 5.57 Å². The quantitative estimate of drug-likeness (QED) is 0.580. The number of aliphatic carboxylic acids is 1. The van der Waals surface area contributed by atoms with Crippen molar-refractivity contribution >= 4 is 5.97 Å². The lowest BCUT2D eigenvalue weighted by Gasteiger charge is -2.22. The van der Waals surface area contributed by atoms with Crippen LogP contribution in [0, 0.1) is 0 Å². The lowest BCUT2D eigenvalue weighted by Crippen LogP contribution is -2.30. The standard InChI is InChI=1S/C8H12O3/c1-5-3-6(2)11-7(4-5)8(9)10/h3,6-7H,4H2,1-2H3,(H,9,10)/t6-,7+/m1/s1. The van der Waals surface area contributed by atoms with Crippen LogP contribution in [0.3, 0.4) is 0 Å². The fourth-order valence-corrected chi connectivity index (χ4v) is 1.25. The van der Waals surface area contributed by atoms with Crippen LogP contribution in [0.2, 0.25) is 0 Å². The van der Waals surface area contributed by atoms with Crippen molar-refractivity contribution in [3.8, 4) is 0 Å². The number of hydrogen-bond acceptors (Lipinski definition) is 2. The third-order valence-corrected chi connectivity index (χ3v) is 1.68. The molecule has 3 heteroatoms. The van der Waals surface area contributed by atoms with Crippen LogP contribution >= 0.6 is 0 Å². The predicted octanol–water partition coefficient (Wildman–Crippen LogP) is 1.19. The average Bonchev–Trinajstić information content (AvgIpc) is 1.85. The van der Waals surface area contributed by atoms with Crippen molar-refractivity contribution < 1.29 is 14.6 Å². The smallest absolute Gasteiger partial charge is 0.333 e. The van der Waals surface area contributed by atoms with E-state index in [4.69, 9.17) is 9.84 Å². The summed E-state index contributed by atoms with van der Waals surface area (Å²) in [5.74, 6) is -0.871. The molecule has 0 saturated carbocycles. The summed E-state index contributed by atoms with van der Waals surface area (Å²) in [7, 11) is 0. The summed E-state index contributed by atoms with van der Waals surface area (Å²) >= 11 is 0. The first kappa shape index (κ1) is 8.27. The van der Waals surface area contributed by atoms with Crippen LogP contribution in [0.5, 0.6) is 0 Å². The molecule has 0 aromatic heterocycles. The van der Waals surface area contributed by atoms with Crippen LogP contribution in [0.1, 0.15) is 20.3 Å². The summed E-state index contributed by atoms with van der Waals surface area (Å²) in [6.07, 6.45) is 1.75. The summed E-state index contributed by atoms with van der Waals surface area (Å²) in [6.45, 7) is 3.77. The molecule has 0 spiro atoms. The largest absolute Gasteiger partial charge is 0.479 e. The molecular formula is C8H12O3. The fraction of sp³-hybridized carbons (Fsp3) is 0.625. The Labute approximate surface area is 65.7 Å². The van der Waals surface area contributed by atoms with E-state index in [1.165, 1.54) is 0 Å². The van der Waals surface area contributed by atoms with Crippen LogP contribution in [0.4, 0.5) is 0 Å². The zero-order chi connectivity index (χ0) is 8.43. The molecule has 0 aromatic rings. The number of carboxylic acid groups (broad SMARTS) is 1. The van der Waals surface area contributed by atoms with Crippen LogP contribution in [-0.2, 0) is 9.53 Å². The Hall–Kier alpha value is -0.830. The molecule has 0 fully saturated rings. The normalized spacial score (nSPS) is 31.3. The molecule has 2 atom stereocenters. The highest BCUT2D eigenvalue weighted by Gasteiger charge is 2.24. The summed E-state index contributed by atoms with van der Waals surface area (Å²) in [5, 5.41) is 8.62. The summed E-state index contributed by atoms with van der Waals surface area (Å²) in [4.78, 5) is 10.5. The molecule has 0 unspecified atom stereocenters. The molecule has 0 aromatic carbocycles. The van der Waals surface area contributed by atoms with E-state index in [2.05, 4.69) is 0 Å². The highest BCUT2D eigenvalue weighted by atomic mass is 16.5. The van der Waals surface area contributed by atoms with E-state index >= 15 is 0 Å². The zero-order valence-electron chi connectivity index (χ0n) is 6.70. The van der Waals surface area contributed by atoms with Gasteiger partial charge in [0.1, 0.15) is 0 Å². The number of hydrogen-bond donors (Lipinski definition) is 1.